The molecule has 1 aliphatic carbocycles. The molecule has 1 amide bonds. The van der Waals surface area contributed by atoms with Gasteiger partial charge < -0.3 is 21.1 Å². The van der Waals surface area contributed by atoms with E-state index in [1.54, 1.807) is 6.21 Å². The number of carbonyl (C=O) groups is 1. The summed E-state index contributed by atoms with van der Waals surface area (Å²) < 4.78 is 31.9. The SMILES string of the molecule is C/C(F)=C\C=C(/N)NC=O.C/C=C\C(=C(/C)F)[C@]1(COC2=C(C)NCC(C)N=C2)CC1C. The van der Waals surface area contributed by atoms with Crippen LogP contribution in [0.4, 0.5) is 8.78 Å². The summed E-state index contributed by atoms with van der Waals surface area (Å²) >= 11 is 0. The first-order chi connectivity index (χ1) is 15.1. The zero-order valence-electron chi connectivity index (χ0n) is 19.8. The molecule has 1 fully saturated rings. The Morgan fingerprint density at radius 1 is 1.38 bits per heavy atom. The van der Waals surface area contributed by atoms with Gasteiger partial charge in [0.05, 0.1) is 30.4 Å². The lowest BCUT2D eigenvalue weighted by atomic mass is 9.93. The van der Waals surface area contributed by atoms with Crippen molar-refractivity contribution in [3.63, 3.8) is 0 Å². The second-order valence-electron chi connectivity index (χ2n) is 8.13. The molecule has 2 unspecified atom stereocenters. The summed E-state index contributed by atoms with van der Waals surface area (Å²) in [5, 5.41) is 5.47. The van der Waals surface area contributed by atoms with Gasteiger partial charge in [-0.2, -0.15) is 0 Å². The molecule has 2 rings (SSSR count). The molecule has 178 valence electrons. The Morgan fingerprint density at radius 3 is 2.53 bits per heavy atom. The number of aliphatic imine (C=N–C) groups is 1. The molecule has 0 aromatic rings. The average molecular weight is 451 g/mol. The Bertz CT molecular complexity index is 835. The summed E-state index contributed by atoms with van der Waals surface area (Å²) in [5.41, 5.74) is 6.70. The molecule has 0 saturated heterocycles. The quantitative estimate of drug-likeness (QED) is 0.374. The highest BCUT2D eigenvalue weighted by molar-refractivity contribution is 5.77. The minimum atomic E-state index is -0.365. The highest BCUT2D eigenvalue weighted by Crippen LogP contribution is 2.59. The first kappa shape index (κ1) is 27.1. The van der Waals surface area contributed by atoms with E-state index < -0.39 is 0 Å². The predicted octanol–water partition coefficient (Wildman–Crippen LogP) is 4.55. The fourth-order valence-corrected chi connectivity index (χ4v) is 3.34. The summed E-state index contributed by atoms with van der Waals surface area (Å²) in [4.78, 5) is 14.2. The van der Waals surface area contributed by atoms with E-state index in [1.807, 2.05) is 26.0 Å². The standard InChI is InChI=1S/C18H27FN2O.C6H9FN2O/c1-6-7-16(14(4)19)18(8-12(18)2)11-22-17-10-20-13(3)9-21-15(17)5;1-5(7)2-3-6(8)9-4-10/h6-7,10,12-13,21H,8-9,11H2,1-5H3;2-4H,8H2,1H3,(H,9,10)/b7-6-,16-14-;5-2+,6-3+/t12?,13?,18-;/m0./s1. The van der Waals surface area contributed by atoms with Crippen LogP contribution in [0, 0.1) is 11.3 Å². The summed E-state index contributed by atoms with van der Waals surface area (Å²) in [5.74, 6) is 0.833. The molecule has 0 spiro atoms. The number of allylic oxidation sites excluding steroid dienone is 8. The van der Waals surface area contributed by atoms with E-state index in [1.165, 1.54) is 19.9 Å². The molecule has 2 aliphatic rings. The summed E-state index contributed by atoms with van der Waals surface area (Å²) in [6, 6.07) is 0.233. The van der Waals surface area contributed by atoms with Crippen LogP contribution >= 0.6 is 0 Å². The smallest absolute Gasteiger partial charge is 0.212 e. The minimum absolute atomic E-state index is 0.113. The molecular weight excluding hydrogens is 414 g/mol. The third-order valence-electron chi connectivity index (χ3n) is 5.38. The molecule has 32 heavy (non-hydrogen) atoms. The molecule has 4 N–H and O–H groups in total. The number of ether oxygens (including phenoxy) is 1. The molecule has 0 radical (unpaired) electrons. The van der Waals surface area contributed by atoms with E-state index in [4.69, 9.17) is 10.5 Å². The molecule has 1 heterocycles. The maximum Gasteiger partial charge on any atom is 0.212 e. The first-order valence-electron chi connectivity index (χ1n) is 10.7. The van der Waals surface area contributed by atoms with Crippen molar-refractivity contribution in [1.82, 2.24) is 10.6 Å². The van der Waals surface area contributed by atoms with Crippen LogP contribution in [0.2, 0.25) is 0 Å². The largest absolute Gasteiger partial charge is 0.489 e. The van der Waals surface area contributed by atoms with E-state index in [2.05, 4.69) is 29.5 Å². The second kappa shape index (κ2) is 12.8. The Hall–Kier alpha value is -2.90. The lowest BCUT2D eigenvalue weighted by molar-refractivity contribution is -0.108. The van der Waals surface area contributed by atoms with Crippen molar-refractivity contribution < 1.29 is 18.3 Å². The molecule has 3 atom stereocenters. The summed E-state index contributed by atoms with van der Waals surface area (Å²) in [6.07, 6.45) is 9.38. The van der Waals surface area contributed by atoms with Gasteiger partial charge in [0.1, 0.15) is 11.6 Å². The fraction of sp³-hybridized carbons (Fsp3) is 0.500. The van der Waals surface area contributed by atoms with Crippen molar-refractivity contribution in [3.8, 4) is 0 Å². The molecule has 0 aromatic heterocycles. The molecule has 8 heteroatoms. The van der Waals surface area contributed by atoms with Gasteiger partial charge in [0, 0.05) is 12.0 Å². The second-order valence-corrected chi connectivity index (χ2v) is 8.13. The van der Waals surface area contributed by atoms with Gasteiger partial charge in [-0.15, -0.1) is 0 Å². The van der Waals surface area contributed by atoms with Crippen LogP contribution in [-0.4, -0.2) is 31.8 Å². The molecule has 1 aliphatic heterocycles. The van der Waals surface area contributed by atoms with E-state index in [0.717, 1.165) is 36.1 Å². The van der Waals surface area contributed by atoms with Gasteiger partial charge in [0.25, 0.3) is 0 Å². The van der Waals surface area contributed by atoms with Crippen LogP contribution in [0.15, 0.2) is 63.8 Å². The zero-order chi connectivity index (χ0) is 24.3. The number of halogens is 2. The van der Waals surface area contributed by atoms with E-state index in [0.29, 0.717) is 18.9 Å². The zero-order valence-corrected chi connectivity index (χ0v) is 19.8. The van der Waals surface area contributed by atoms with Gasteiger partial charge in [0.15, 0.2) is 5.76 Å². The Labute approximate surface area is 190 Å². The minimum Gasteiger partial charge on any atom is -0.489 e. The molecule has 0 bridgehead atoms. The fourth-order valence-electron chi connectivity index (χ4n) is 3.34. The molecule has 1 saturated carbocycles. The van der Waals surface area contributed by atoms with Crippen LogP contribution < -0.4 is 16.4 Å². The number of hydrogen-bond donors (Lipinski definition) is 3. The van der Waals surface area contributed by atoms with Crippen molar-refractivity contribution in [2.75, 3.05) is 13.2 Å². The van der Waals surface area contributed by atoms with Crippen LogP contribution in [0.3, 0.4) is 0 Å². The summed E-state index contributed by atoms with van der Waals surface area (Å²) in [7, 11) is 0. The van der Waals surface area contributed by atoms with Crippen molar-refractivity contribution in [1.29, 1.82) is 0 Å². The maximum absolute atomic E-state index is 13.9. The average Bonchev–Trinajstić information content (AvgIpc) is 3.42. The Kier molecular flexibility index (Phi) is 10.9. The van der Waals surface area contributed by atoms with E-state index in [9.17, 15) is 13.6 Å². The van der Waals surface area contributed by atoms with Gasteiger partial charge in [-0.3, -0.25) is 9.79 Å². The number of carbonyl (C=O) groups excluding carboxylic acids is 1. The van der Waals surface area contributed by atoms with Crippen LogP contribution in [0.5, 0.6) is 0 Å². The molecule has 6 nitrogen and oxygen atoms in total. The van der Waals surface area contributed by atoms with Crippen LogP contribution in [-0.2, 0) is 9.53 Å². The Balaban J connectivity index is 0.000000433. The lowest BCUT2D eigenvalue weighted by Gasteiger charge is -2.20. The highest BCUT2D eigenvalue weighted by atomic mass is 19.1. The van der Waals surface area contributed by atoms with E-state index >= 15 is 0 Å². The topological polar surface area (TPSA) is 88.7 Å². The number of rotatable bonds is 8. The predicted molar refractivity (Wildman–Crippen MR) is 126 cm³/mol. The normalized spacial score (nSPS) is 26.5. The van der Waals surface area contributed by atoms with Crippen molar-refractivity contribution >= 4 is 12.6 Å². The lowest BCUT2D eigenvalue weighted by Crippen LogP contribution is -2.21. The van der Waals surface area contributed by atoms with Crippen molar-refractivity contribution in [2.45, 2.75) is 54.0 Å². The number of hydrogen-bond acceptors (Lipinski definition) is 5. The van der Waals surface area contributed by atoms with Crippen LogP contribution in [0.25, 0.3) is 0 Å². The monoisotopic (exact) mass is 450 g/mol. The number of nitrogens with one attached hydrogen (secondary N) is 2. The van der Waals surface area contributed by atoms with Crippen LogP contribution in [0.1, 0.15) is 48.0 Å². The first-order valence-corrected chi connectivity index (χ1v) is 10.7. The number of amides is 1. The van der Waals surface area contributed by atoms with Crippen molar-refractivity contribution in [3.05, 3.63) is 58.8 Å². The summed E-state index contributed by atoms with van der Waals surface area (Å²) in [6.45, 7) is 12.2. The maximum atomic E-state index is 13.9. The van der Waals surface area contributed by atoms with Crippen molar-refractivity contribution in [2.24, 2.45) is 22.1 Å². The van der Waals surface area contributed by atoms with Gasteiger partial charge in [-0.1, -0.05) is 19.1 Å². The molecular formula is C24H36F2N4O2. The number of nitrogens with two attached hydrogens (primary N) is 1. The van der Waals surface area contributed by atoms with Gasteiger partial charge in [0.2, 0.25) is 6.41 Å². The molecule has 0 aromatic carbocycles. The van der Waals surface area contributed by atoms with Gasteiger partial charge >= 0.3 is 0 Å². The Morgan fingerprint density at radius 2 is 2.03 bits per heavy atom. The number of nitrogens with zero attached hydrogens (tertiary/aromatic N) is 1. The third kappa shape index (κ3) is 8.32. The van der Waals surface area contributed by atoms with Gasteiger partial charge in [-0.25, -0.2) is 8.78 Å². The van der Waals surface area contributed by atoms with E-state index in [-0.39, 0.29) is 28.9 Å². The van der Waals surface area contributed by atoms with Gasteiger partial charge in [-0.05, 0) is 64.7 Å². The highest BCUT2D eigenvalue weighted by Gasteiger charge is 2.54. The third-order valence-corrected chi connectivity index (χ3v) is 5.38.